The number of methoxy groups -OCH3 is 1. The summed E-state index contributed by atoms with van der Waals surface area (Å²) in [5.41, 5.74) is -0.816. The minimum atomic E-state index is -1.18. The number of ketones is 1. The van der Waals surface area contributed by atoms with E-state index in [1.807, 2.05) is 32.9 Å². The summed E-state index contributed by atoms with van der Waals surface area (Å²) < 4.78 is 23.7. The van der Waals surface area contributed by atoms with Crippen LogP contribution in [0.3, 0.4) is 0 Å². The molecule has 1 spiro atoms. The predicted molar refractivity (Wildman–Crippen MR) is 148 cm³/mol. The molecular weight excluding hydrogens is 512 g/mol. The normalized spacial score (nSPS) is 34.9. The maximum absolute atomic E-state index is 13.8. The summed E-state index contributed by atoms with van der Waals surface area (Å²) in [7, 11) is 1.66. The lowest BCUT2D eigenvalue weighted by Gasteiger charge is -2.56. The molecule has 8 nitrogen and oxygen atoms in total. The fourth-order valence-electron chi connectivity index (χ4n) is 6.90. The first kappa shape index (κ1) is 30.3. The van der Waals surface area contributed by atoms with Gasteiger partial charge in [0.1, 0.15) is 29.5 Å². The zero-order valence-electron chi connectivity index (χ0n) is 24.7. The van der Waals surface area contributed by atoms with Crippen LogP contribution >= 0.6 is 0 Å². The van der Waals surface area contributed by atoms with Gasteiger partial charge in [-0.15, -0.1) is 0 Å². The minimum Gasteiger partial charge on any atom is -0.508 e. The van der Waals surface area contributed by atoms with Gasteiger partial charge in [0.2, 0.25) is 0 Å². The third-order valence-corrected chi connectivity index (χ3v) is 9.25. The van der Waals surface area contributed by atoms with Crippen LogP contribution in [-0.2, 0) is 33.3 Å². The Labute approximate surface area is 237 Å². The number of esters is 2. The number of cyclic esters (lactones) is 1. The van der Waals surface area contributed by atoms with E-state index in [-0.39, 0.29) is 47.9 Å². The lowest BCUT2D eigenvalue weighted by atomic mass is 9.55. The summed E-state index contributed by atoms with van der Waals surface area (Å²) in [6, 6.07) is 7.09. The van der Waals surface area contributed by atoms with Crippen molar-refractivity contribution >= 4 is 17.7 Å². The van der Waals surface area contributed by atoms with Gasteiger partial charge in [-0.2, -0.15) is 0 Å². The van der Waals surface area contributed by atoms with Crippen LogP contribution in [0.15, 0.2) is 36.4 Å². The van der Waals surface area contributed by atoms with Crippen LogP contribution in [0.4, 0.5) is 0 Å². The number of carbonyl (C=O) groups is 3. The largest absolute Gasteiger partial charge is 0.508 e. The highest BCUT2D eigenvalue weighted by molar-refractivity contribution is 6.03. The Hall–Kier alpha value is -2.71. The molecule has 0 unspecified atom stereocenters. The molecule has 40 heavy (non-hydrogen) atoms. The van der Waals surface area contributed by atoms with Gasteiger partial charge >= 0.3 is 11.9 Å². The molecule has 1 aromatic carbocycles. The van der Waals surface area contributed by atoms with Gasteiger partial charge in [-0.1, -0.05) is 58.9 Å². The van der Waals surface area contributed by atoms with Gasteiger partial charge in [-0.25, -0.2) is 0 Å². The molecule has 2 heterocycles. The summed E-state index contributed by atoms with van der Waals surface area (Å²) in [5.74, 6) is -2.42. The molecule has 1 aromatic rings. The summed E-state index contributed by atoms with van der Waals surface area (Å²) in [6.45, 7) is 11.8. The maximum atomic E-state index is 13.8. The van der Waals surface area contributed by atoms with Crippen LogP contribution < -0.4 is 0 Å². The van der Waals surface area contributed by atoms with E-state index < -0.39 is 41.1 Å². The summed E-state index contributed by atoms with van der Waals surface area (Å²) in [4.78, 5) is 39.2. The number of carbonyl (C=O) groups excluding carboxylic acids is 3. The monoisotopic (exact) mass is 556 g/mol. The van der Waals surface area contributed by atoms with E-state index in [0.29, 0.717) is 12.8 Å². The molecule has 0 radical (unpaired) electrons. The van der Waals surface area contributed by atoms with Crippen LogP contribution in [0.1, 0.15) is 78.9 Å². The van der Waals surface area contributed by atoms with Gasteiger partial charge in [0, 0.05) is 18.9 Å². The Kier molecular flexibility index (Phi) is 8.81. The van der Waals surface area contributed by atoms with E-state index in [9.17, 15) is 19.5 Å². The molecule has 0 bridgehead atoms. The van der Waals surface area contributed by atoms with Crippen molar-refractivity contribution in [2.75, 3.05) is 7.11 Å². The summed E-state index contributed by atoms with van der Waals surface area (Å²) >= 11 is 0. The molecule has 0 amide bonds. The van der Waals surface area contributed by atoms with Crippen LogP contribution in [0.2, 0.25) is 0 Å². The molecule has 2 fully saturated rings. The van der Waals surface area contributed by atoms with E-state index >= 15 is 0 Å². The molecule has 1 saturated heterocycles. The SMILES string of the molecule is CO[C@@H](CC[C@H](C)[C@H]1O[C@@]2(C=C[C@@H]1C)[C@H](C(=O)O[C@@H]1CC(=O)O[C@@H]1C)C(=O)[C@H](C)CC2(C)C)c1cccc(O)c1. The van der Waals surface area contributed by atoms with Crippen LogP contribution in [0, 0.1) is 29.1 Å². The first-order valence-electron chi connectivity index (χ1n) is 14.4. The van der Waals surface area contributed by atoms with E-state index in [1.165, 1.54) is 0 Å². The van der Waals surface area contributed by atoms with Crippen molar-refractivity contribution in [3.05, 3.63) is 42.0 Å². The van der Waals surface area contributed by atoms with E-state index in [2.05, 4.69) is 19.9 Å². The molecule has 0 aromatic heterocycles. The average Bonchev–Trinajstić information content (AvgIpc) is 3.20. The van der Waals surface area contributed by atoms with E-state index in [0.717, 1.165) is 12.0 Å². The Morgan fingerprint density at radius 1 is 1.18 bits per heavy atom. The van der Waals surface area contributed by atoms with E-state index in [4.69, 9.17) is 18.9 Å². The lowest BCUT2D eigenvalue weighted by molar-refractivity contribution is -0.218. The third kappa shape index (κ3) is 5.70. The number of rotatable bonds is 8. The zero-order chi connectivity index (χ0) is 29.4. The number of phenols is 1. The molecule has 4 rings (SSSR count). The Morgan fingerprint density at radius 2 is 1.90 bits per heavy atom. The molecule has 220 valence electrons. The second kappa shape index (κ2) is 11.6. The van der Waals surface area contributed by atoms with Crippen molar-refractivity contribution in [2.45, 2.75) is 97.2 Å². The fourth-order valence-corrected chi connectivity index (χ4v) is 6.90. The number of ether oxygens (including phenoxy) is 4. The second-order valence-corrected chi connectivity index (χ2v) is 12.7. The van der Waals surface area contributed by atoms with Crippen molar-refractivity contribution in [1.82, 2.24) is 0 Å². The quantitative estimate of drug-likeness (QED) is 0.260. The number of hydrogen-bond donors (Lipinski definition) is 1. The summed E-state index contributed by atoms with van der Waals surface area (Å²) in [6.07, 6.45) is 4.29. The van der Waals surface area contributed by atoms with Gasteiger partial charge in [-0.05, 0) is 55.2 Å². The Bertz CT molecular complexity index is 1140. The summed E-state index contributed by atoms with van der Waals surface area (Å²) in [5, 5.41) is 9.92. The van der Waals surface area contributed by atoms with Crippen LogP contribution in [0.25, 0.3) is 0 Å². The molecule has 1 saturated carbocycles. The number of Topliss-reactive ketones (excluding diaryl/α,β-unsaturated/α-hetero) is 1. The van der Waals surface area contributed by atoms with Crippen molar-refractivity contribution in [1.29, 1.82) is 0 Å². The smallest absolute Gasteiger partial charge is 0.320 e. The van der Waals surface area contributed by atoms with E-state index in [1.54, 1.807) is 32.2 Å². The molecule has 8 heteroatoms. The van der Waals surface area contributed by atoms with Gasteiger partial charge in [0.05, 0.1) is 18.6 Å². The van der Waals surface area contributed by atoms with Gasteiger partial charge in [0.15, 0.2) is 5.78 Å². The first-order valence-corrected chi connectivity index (χ1v) is 14.4. The van der Waals surface area contributed by atoms with Crippen molar-refractivity contribution in [3.63, 3.8) is 0 Å². The number of benzene rings is 1. The lowest BCUT2D eigenvalue weighted by Crippen LogP contribution is -2.65. The molecular formula is C32H44O8. The highest BCUT2D eigenvalue weighted by Crippen LogP contribution is 2.54. The standard InChI is InChI=1S/C32H44O8/c1-18(11-12-24(37-7)22-9-8-10-23(33)15-22)29-19(2)13-14-32(40-29)27(28(35)20(3)17-31(32,5)6)30(36)39-25-16-26(34)38-21(25)4/h8-10,13-15,18-21,24-25,27,29,33H,11-12,16-17H2,1-7H3/t18-,19-,20+,21+,24-,25+,27-,29+,32-/m0/s1. The highest BCUT2D eigenvalue weighted by Gasteiger charge is 2.63. The maximum Gasteiger partial charge on any atom is 0.320 e. The predicted octanol–water partition coefficient (Wildman–Crippen LogP) is 5.32. The third-order valence-electron chi connectivity index (χ3n) is 9.25. The van der Waals surface area contributed by atoms with Crippen molar-refractivity contribution < 1.29 is 38.4 Å². The Balaban J connectivity index is 1.58. The van der Waals surface area contributed by atoms with Crippen LogP contribution in [0.5, 0.6) is 5.75 Å². The zero-order valence-corrected chi connectivity index (χ0v) is 24.7. The molecule has 3 aliphatic rings. The first-order chi connectivity index (χ1) is 18.8. The minimum absolute atomic E-state index is 0.0208. The Morgan fingerprint density at radius 3 is 2.52 bits per heavy atom. The van der Waals surface area contributed by atoms with Gasteiger partial charge in [0.25, 0.3) is 0 Å². The highest BCUT2D eigenvalue weighted by atomic mass is 16.6. The number of hydrogen-bond acceptors (Lipinski definition) is 8. The van der Waals surface area contributed by atoms with Gasteiger partial charge < -0.3 is 24.1 Å². The number of phenolic OH excluding ortho intramolecular Hbond substituents is 1. The topological polar surface area (TPSA) is 108 Å². The van der Waals surface area contributed by atoms with Crippen molar-refractivity contribution in [3.8, 4) is 5.75 Å². The molecule has 1 N–H and O–H groups in total. The fraction of sp³-hybridized carbons (Fsp3) is 0.656. The average molecular weight is 557 g/mol. The number of aromatic hydroxyl groups is 1. The second-order valence-electron chi connectivity index (χ2n) is 12.7. The van der Waals surface area contributed by atoms with Crippen molar-refractivity contribution in [2.24, 2.45) is 29.1 Å². The molecule has 9 atom stereocenters. The molecule has 2 aliphatic heterocycles. The van der Waals surface area contributed by atoms with Crippen LogP contribution in [-0.4, -0.2) is 53.9 Å². The molecule has 1 aliphatic carbocycles. The van der Waals surface area contributed by atoms with Gasteiger partial charge in [-0.3, -0.25) is 14.4 Å².